The van der Waals surface area contributed by atoms with Crippen LogP contribution in [0.2, 0.25) is 0 Å². The fraction of sp³-hybridized carbons (Fsp3) is 0.300. The van der Waals surface area contributed by atoms with Gasteiger partial charge in [0.05, 0.1) is 17.1 Å². The second-order valence-electron chi connectivity index (χ2n) is 4.03. The van der Waals surface area contributed by atoms with Crippen molar-refractivity contribution in [2.75, 3.05) is 12.3 Å². The largest absolute Gasteiger partial charge is 0.478 e. The van der Waals surface area contributed by atoms with Crippen LogP contribution < -0.4 is 9.86 Å². The predicted molar refractivity (Wildman–Crippen MR) is 72.0 cm³/mol. The van der Waals surface area contributed by atoms with Gasteiger partial charge >= 0.3 is 5.97 Å². The van der Waals surface area contributed by atoms with E-state index in [1.54, 1.807) is 0 Å². The third kappa shape index (κ3) is 6.10. The van der Waals surface area contributed by atoms with Gasteiger partial charge < -0.3 is 5.11 Å². The third-order valence-electron chi connectivity index (χ3n) is 2.24. The van der Waals surface area contributed by atoms with Crippen molar-refractivity contribution in [1.82, 2.24) is 4.72 Å². The maximum atomic E-state index is 11.7. The Morgan fingerprint density at radius 1 is 1.25 bits per heavy atom. The van der Waals surface area contributed by atoms with E-state index in [1.807, 2.05) is 0 Å². The molecule has 0 aliphatic heterocycles. The molecule has 8 nitrogen and oxygen atoms in total. The van der Waals surface area contributed by atoms with Crippen molar-refractivity contribution in [1.29, 1.82) is 0 Å². The average Bonchev–Trinajstić information content (AvgIpc) is 2.26. The van der Waals surface area contributed by atoms with Crippen LogP contribution in [-0.2, 0) is 25.8 Å². The fourth-order valence-corrected chi connectivity index (χ4v) is 3.05. The zero-order valence-electron chi connectivity index (χ0n) is 10.3. The van der Waals surface area contributed by atoms with E-state index in [1.165, 1.54) is 24.3 Å². The lowest BCUT2D eigenvalue weighted by Gasteiger charge is -2.06. The van der Waals surface area contributed by atoms with Crippen molar-refractivity contribution >= 4 is 26.0 Å². The van der Waals surface area contributed by atoms with E-state index in [0.717, 1.165) is 0 Å². The first-order valence-electron chi connectivity index (χ1n) is 5.39. The third-order valence-corrected chi connectivity index (χ3v) is 4.37. The van der Waals surface area contributed by atoms with Crippen LogP contribution in [0.25, 0.3) is 0 Å². The number of sulfonamides is 2. The topological polar surface area (TPSA) is 144 Å². The number of benzene rings is 1. The molecule has 1 aromatic carbocycles. The van der Waals surface area contributed by atoms with Crippen molar-refractivity contribution in [2.24, 2.45) is 5.14 Å². The van der Waals surface area contributed by atoms with Gasteiger partial charge in [0.25, 0.3) is 0 Å². The monoisotopic (exact) mass is 322 g/mol. The zero-order chi connectivity index (χ0) is 15.4. The van der Waals surface area contributed by atoms with Crippen LogP contribution >= 0.6 is 0 Å². The Bertz CT molecular complexity index is 696. The minimum atomic E-state index is -3.76. The van der Waals surface area contributed by atoms with Crippen molar-refractivity contribution in [2.45, 2.75) is 5.75 Å². The summed E-state index contributed by atoms with van der Waals surface area (Å²) >= 11 is 0. The van der Waals surface area contributed by atoms with E-state index in [0.29, 0.717) is 0 Å². The van der Waals surface area contributed by atoms with Crippen LogP contribution in [0.5, 0.6) is 0 Å². The molecule has 0 bridgehead atoms. The number of aromatic carboxylic acids is 1. The van der Waals surface area contributed by atoms with Gasteiger partial charge in [-0.2, -0.15) is 0 Å². The Balaban J connectivity index is 2.71. The molecule has 0 saturated carbocycles. The van der Waals surface area contributed by atoms with E-state index in [2.05, 4.69) is 4.72 Å². The quantitative estimate of drug-likeness (QED) is 0.593. The Kier molecular flexibility index (Phi) is 5.22. The van der Waals surface area contributed by atoms with E-state index in [4.69, 9.17) is 10.2 Å². The number of primary sulfonamides is 1. The maximum Gasteiger partial charge on any atom is 0.335 e. The Labute approximate surface area is 116 Å². The molecule has 0 radical (unpaired) electrons. The van der Waals surface area contributed by atoms with Gasteiger partial charge in [-0.1, -0.05) is 12.1 Å². The van der Waals surface area contributed by atoms with Gasteiger partial charge in [0, 0.05) is 6.54 Å². The summed E-state index contributed by atoms with van der Waals surface area (Å²) < 4.78 is 46.8. The highest BCUT2D eigenvalue weighted by Gasteiger charge is 2.14. The normalized spacial score (nSPS) is 12.2. The first kappa shape index (κ1) is 16.6. The summed E-state index contributed by atoms with van der Waals surface area (Å²) in [6, 6.07) is 5.47. The minimum Gasteiger partial charge on any atom is -0.478 e. The van der Waals surface area contributed by atoms with Crippen molar-refractivity contribution in [3.63, 3.8) is 0 Å². The first-order valence-corrected chi connectivity index (χ1v) is 8.76. The van der Waals surface area contributed by atoms with Crippen LogP contribution in [0.4, 0.5) is 0 Å². The van der Waals surface area contributed by atoms with E-state index >= 15 is 0 Å². The lowest BCUT2D eigenvalue weighted by atomic mass is 10.1. The lowest BCUT2D eigenvalue weighted by molar-refractivity contribution is 0.0696. The summed E-state index contributed by atoms with van der Waals surface area (Å²) in [6.45, 7) is -0.334. The molecule has 0 aliphatic carbocycles. The summed E-state index contributed by atoms with van der Waals surface area (Å²) in [5.41, 5.74) is 0.259. The molecular weight excluding hydrogens is 308 g/mol. The fourth-order valence-electron chi connectivity index (χ4n) is 1.40. The zero-order valence-corrected chi connectivity index (χ0v) is 11.9. The van der Waals surface area contributed by atoms with E-state index < -0.39 is 37.5 Å². The van der Waals surface area contributed by atoms with Crippen LogP contribution in [0.15, 0.2) is 24.3 Å². The van der Waals surface area contributed by atoms with Crippen LogP contribution in [0.1, 0.15) is 15.9 Å². The van der Waals surface area contributed by atoms with Gasteiger partial charge in [0.15, 0.2) is 0 Å². The number of rotatable bonds is 7. The lowest BCUT2D eigenvalue weighted by Crippen LogP contribution is -2.32. The highest BCUT2D eigenvalue weighted by molar-refractivity contribution is 7.89. The van der Waals surface area contributed by atoms with Crippen molar-refractivity contribution in [3.05, 3.63) is 35.4 Å². The second kappa shape index (κ2) is 6.31. The van der Waals surface area contributed by atoms with Gasteiger partial charge in [-0.25, -0.2) is 31.5 Å². The summed E-state index contributed by atoms with van der Waals surface area (Å²) in [5, 5.41) is 13.5. The number of hydrogen-bond acceptors (Lipinski definition) is 5. The molecular formula is C10H14N2O6S2. The number of nitrogens with two attached hydrogens (primary N) is 1. The molecule has 0 saturated heterocycles. The molecule has 20 heavy (non-hydrogen) atoms. The molecule has 0 atom stereocenters. The Morgan fingerprint density at radius 3 is 2.45 bits per heavy atom. The molecule has 0 aromatic heterocycles. The molecule has 0 spiro atoms. The van der Waals surface area contributed by atoms with E-state index in [-0.39, 0.29) is 17.7 Å². The number of carbonyl (C=O) groups is 1. The van der Waals surface area contributed by atoms with Gasteiger partial charge in [0.1, 0.15) is 0 Å². The predicted octanol–water partition coefficient (Wildman–Crippen LogP) is -0.907. The molecule has 0 fully saturated rings. The molecule has 10 heteroatoms. The van der Waals surface area contributed by atoms with Crippen molar-refractivity contribution < 1.29 is 26.7 Å². The minimum absolute atomic E-state index is 0.0257. The number of hydrogen-bond donors (Lipinski definition) is 3. The summed E-state index contributed by atoms with van der Waals surface area (Å²) in [7, 11) is -7.50. The number of nitrogens with one attached hydrogen (secondary N) is 1. The van der Waals surface area contributed by atoms with Crippen LogP contribution in [-0.4, -0.2) is 40.2 Å². The Morgan fingerprint density at radius 2 is 1.90 bits per heavy atom. The number of carboxylic acids is 1. The van der Waals surface area contributed by atoms with Crippen LogP contribution in [0, 0.1) is 0 Å². The molecule has 112 valence electrons. The van der Waals surface area contributed by atoms with Crippen molar-refractivity contribution in [3.8, 4) is 0 Å². The molecule has 0 amide bonds. The highest BCUT2D eigenvalue weighted by atomic mass is 32.2. The van der Waals surface area contributed by atoms with Gasteiger partial charge in [-0.05, 0) is 17.7 Å². The van der Waals surface area contributed by atoms with Gasteiger partial charge in [-0.3, -0.25) is 0 Å². The van der Waals surface area contributed by atoms with Gasteiger partial charge in [-0.15, -0.1) is 0 Å². The van der Waals surface area contributed by atoms with Gasteiger partial charge in [0.2, 0.25) is 20.0 Å². The molecule has 1 rings (SSSR count). The maximum absolute atomic E-state index is 11.7. The number of carboxylic acid groups (broad SMARTS) is 1. The summed E-state index contributed by atoms with van der Waals surface area (Å²) in [6.07, 6.45) is 0. The first-order chi connectivity index (χ1) is 9.09. The molecule has 0 aliphatic rings. The molecule has 0 heterocycles. The second-order valence-corrected chi connectivity index (χ2v) is 7.57. The van der Waals surface area contributed by atoms with Crippen LogP contribution in [0.3, 0.4) is 0 Å². The molecule has 0 unspecified atom stereocenters. The summed E-state index contributed by atoms with van der Waals surface area (Å²) in [5.74, 6) is -2.12. The molecule has 1 aromatic rings. The molecule has 4 N–H and O–H groups in total. The summed E-state index contributed by atoms with van der Waals surface area (Å²) in [4.78, 5) is 10.8. The standard InChI is InChI=1S/C10H14N2O6S2/c11-19(15,16)5-4-12-20(17,18)7-8-2-1-3-9(6-8)10(13)14/h1-3,6,12H,4-5,7H2,(H,13,14)(H2,11,15,16). The smallest absolute Gasteiger partial charge is 0.335 e. The average molecular weight is 322 g/mol. The SMILES string of the molecule is NS(=O)(=O)CCNS(=O)(=O)Cc1cccc(C(=O)O)c1. The highest BCUT2D eigenvalue weighted by Crippen LogP contribution is 2.08. The van der Waals surface area contributed by atoms with E-state index in [9.17, 15) is 21.6 Å². The Hall–Kier alpha value is -1.49.